The molecule has 0 aromatic heterocycles. The maximum absolute atomic E-state index is 13.9. The molecule has 110 valence electrons. The quantitative estimate of drug-likeness (QED) is 0.601. The minimum atomic E-state index is -0.833. The number of hydrogen-bond donors (Lipinski definition) is 3. The van der Waals surface area contributed by atoms with Gasteiger partial charge in [0.25, 0.3) is 5.91 Å². The van der Waals surface area contributed by atoms with Crippen LogP contribution in [-0.4, -0.2) is 5.91 Å². The Labute approximate surface area is 120 Å². The van der Waals surface area contributed by atoms with Crippen molar-refractivity contribution in [2.75, 3.05) is 10.7 Å². The number of anilines is 2. The van der Waals surface area contributed by atoms with Gasteiger partial charge in [0.05, 0.1) is 11.3 Å². The van der Waals surface area contributed by atoms with E-state index >= 15 is 0 Å². The van der Waals surface area contributed by atoms with Gasteiger partial charge in [0.2, 0.25) is 0 Å². The molecule has 0 aliphatic heterocycles. The summed E-state index contributed by atoms with van der Waals surface area (Å²) in [6.07, 6.45) is 0. The van der Waals surface area contributed by atoms with Crippen molar-refractivity contribution >= 4 is 17.3 Å². The highest BCUT2D eigenvalue weighted by Crippen LogP contribution is 2.24. The van der Waals surface area contributed by atoms with Crippen LogP contribution in [0.15, 0.2) is 30.3 Å². The van der Waals surface area contributed by atoms with Crippen LogP contribution >= 0.6 is 0 Å². The standard InChI is InChI=1S/C15H15F2N3O/c1-8-3-5-10(12(7-8)20-18)15(21)19-14-11(16)6-4-9(2)13(14)17/h3-7,20H,18H2,1-2H3,(H,19,21). The number of hydrazine groups is 1. The maximum Gasteiger partial charge on any atom is 0.257 e. The van der Waals surface area contributed by atoms with Crippen LogP contribution in [0.3, 0.4) is 0 Å². The lowest BCUT2D eigenvalue weighted by Gasteiger charge is -2.12. The molecule has 2 rings (SSSR count). The topological polar surface area (TPSA) is 67.2 Å². The first-order chi connectivity index (χ1) is 9.93. The summed E-state index contributed by atoms with van der Waals surface area (Å²) >= 11 is 0. The molecule has 2 aromatic rings. The number of benzene rings is 2. The second-order valence-corrected chi connectivity index (χ2v) is 4.70. The second kappa shape index (κ2) is 5.88. The Kier molecular flexibility index (Phi) is 4.18. The van der Waals surface area contributed by atoms with Crippen LogP contribution in [0.4, 0.5) is 20.2 Å². The lowest BCUT2D eigenvalue weighted by Crippen LogP contribution is -2.19. The van der Waals surface area contributed by atoms with Gasteiger partial charge < -0.3 is 10.7 Å². The zero-order chi connectivity index (χ0) is 15.6. The molecule has 0 fully saturated rings. The molecular weight excluding hydrogens is 276 g/mol. The number of nitrogens with one attached hydrogen (secondary N) is 2. The van der Waals surface area contributed by atoms with Crippen molar-refractivity contribution in [2.45, 2.75) is 13.8 Å². The fraction of sp³-hybridized carbons (Fsp3) is 0.133. The molecule has 4 nitrogen and oxygen atoms in total. The van der Waals surface area contributed by atoms with E-state index in [9.17, 15) is 13.6 Å². The van der Waals surface area contributed by atoms with Gasteiger partial charge in [0.1, 0.15) is 11.5 Å². The minimum absolute atomic E-state index is 0.198. The highest BCUT2D eigenvalue weighted by atomic mass is 19.1. The zero-order valence-corrected chi connectivity index (χ0v) is 11.6. The van der Waals surface area contributed by atoms with Gasteiger partial charge >= 0.3 is 0 Å². The first kappa shape index (κ1) is 14.9. The minimum Gasteiger partial charge on any atom is -0.323 e. The molecule has 1 amide bonds. The number of nitrogen functional groups attached to an aromatic ring is 1. The van der Waals surface area contributed by atoms with E-state index in [4.69, 9.17) is 5.84 Å². The van der Waals surface area contributed by atoms with Gasteiger partial charge in [-0.05, 0) is 43.2 Å². The largest absolute Gasteiger partial charge is 0.323 e. The Morgan fingerprint density at radius 1 is 1.14 bits per heavy atom. The lowest BCUT2D eigenvalue weighted by molar-refractivity contribution is 0.102. The van der Waals surface area contributed by atoms with E-state index in [2.05, 4.69) is 10.7 Å². The fourth-order valence-corrected chi connectivity index (χ4v) is 1.93. The van der Waals surface area contributed by atoms with Gasteiger partial charge in [-0.15, -0.1) is 0 Å². The molecule has 4 N–H and O–H groups in total. The van der Waals surface area contributed by atoms with E-state index in [1.807, 2.05) is 6.92 Å². The smallest absolute Gasteiger partial charge is 0.257 e. The molecular formula is C15H15F2N3O. The van der Waals surface area contributed by atoms with Crippen molar-refractivity contribution in [3.05, 3.63) is 58.7 Å². The number of amides is 1. The second-order valence-electron chi connectivity index (χ2n) is 4.70. The number of carbonyl (C=O) groups is 1. The van der Waals surface area contributed by atoms with E-state index < -0.39 is 23.2 Å². The molecule has 0 aliphatic rings. The highest BCUT2D eigenvalue weighted by Gasteiger charge is 2.17. The summed E-state index contributed by atoms with van der Waals surface area (Å²) in [5.74, 6) is 3.08. The lowest BCUT2D eigenvalue weighted by atomic mass is 10.1. The molecule has 0 saturated heterocycles. The molecule has 0 heterocycles. The van der Waals surface area contributed by atoms with Crippen molar-refractivity contribution in [1.29, 1.82) is 0 Å². The molecule has 0 atom stereocenters. The third kappa shape index (κ3) is 3.00. The summed E-state index contributed by atoms with van der Waals surface area (Å²) in [6, 6.07) is 7.31. The van der Waals surface area contributed by atoms with Crippen LogP contribution in [0, 0.1) is 25.5 Å². The number of rotatable bonds is 3. The number of aryl methyl sites for hydroxylation is 2. The molecule has 21 heavy (non-hydrogen) atoms. The fourth-order valence-electron chi connectivity index (χ4n) is 1.93. The summed E-state index contributed by atoms with van der Waals surface area (Å²) in [7, 11) is 0. The van der Waals surface area contributed by atoms with Gasteiger partial charge in [-0.1, -0.05) is 12.1 Å². The number of hydrogen-bond acceptors (Lipinski definition) is 3. The molecule has 2 aromatic carbocycles. The molecule has 0 aliphatic carbocycles. The number of halogens is 2. The van der Waals surface area contributed by atoms with E-state index in [0.29, 0.717) is 5.69 Å². The third-order valence-corrected chi connectivity index (χ3v) is 3.10. The van der Waals surface area contributed by atoms with Crippen molar-refractivity contribution in [3.63, 3.8) is 0 Å². The monoisotopic (exact) mass is 291 g/mol. The van der Waals surface area contributed by atoms with E-state index in [1.54, 1.807) is 12.1 Å². The molecule has 0 bridgehead atoms. The summed E-state index contributed by atoms with van der Waals surface area (Å²) < 4.78 is 27.5. The van der Waals surface area contributed by atoms with Crippen LogP contribution in [0.2, 0.25) is 0 Å². The Morgan fingerprint density at radius 3 is 2.52 bits per heavy atom. The van der Waals surface area contributed by atoms with E-state index in [1.165, 1.54) is 19.1 Å². The van der Waals surface area contributed by atoms with Crippen molar-refractivity contribution in [1.82, 2.24) is 0 Å². The normalized spacial score (nSPS) is 10.3. The van der Waals surface area contributed by atoms with Gasteiger partial charge in [0.15, 0.2) is 5.82 Å². The van der Waals surface area contributed by atoms with Gasteiger partial charge in [0, 0.05) is 0 Å². The molecule has 0 unspecified atom stereocenters. The van der Waals surface area contributed by atoms with E-state index in [-0.39, 0.29) is 11.1 Å². The molecule has 0 saturated carbocycles. The average Bonchev–Trinajstić information content (AvgIpc) is 2.47. The Morgan fingerprint density at radius 2 is 1.86 bits per heavy atom. The van der Waals surface area contributed by atoms with Crippen molar-refractivity contribution in [3.8, 4) is 0 Å². The summed E-state index contributed by atoms with van der Waals surface area (Å²) in [5.41, 5.74) is 3.64. The van der Waals surface area contributed by atoms with Crippen LogP contribution in [0.1, 0.15) is 21.5 Å². The van der Waals surface area contributed by atoms with Crippen LogP contribution in [0.5, 0.6) is 0 Å². The van der Waals surface area contributed by atoms with Gasteiger partial charge in [-0.3, -0.25) is 10.6 Å². The van der Waals surface area contributed by atoms with Crippen molar-refractivity contribution < 1.29 is 13.6 Å². The Hall–Kier alpha value is -2.47. The first-order valence-corrected chi connectivity index (χ1v) is 6.27. The predicted molar refractivity (Wildman–Crippen MR) is 78.0 cm³/mol. The number of nitrogens with two attached hydrogens (primary N) is 1. The zero-order valence-electron chi connectivity index (χ0n) is 11.6. The molecule has 0 spiro atoms. The Bertz CT molecular complexity index is 702. The first-order valence-electron chi connectivity index (χ1n) is 6.27. The highest BCUT2D eigenvalue weighted by molar-refractivity contribution is 6.08. The summed E-state index contributed by atoms with van der Waals surface area (Å²) in [5, 5.41) is 2.25. The predicted octanol–water partition coefficient (Wildman–Crippen LogP) is 3.12. The summed E-state index contributed by atoms with van der Waals surface area (Å²) in [4.78, 5) is 12.2. The number of carbonyl (C=O) groups excluding carboxylic acids is 1. The van der Waals surface area contributed by atoms with Crippen LogP contribution in [0.25, 0.3) is 0 Å². The molecule has 0 radical (unpaired) electrons. The SMILES string of the molecule is Cc1ccc(C(=O)Nc2c(F)ccc(C)c2F)c(NN)c1. The maximum atomic E-state index is 13.9. The molecule has 6 heteroatoms. The van der Waals surface area contributed by atoms with E-state index in [0.717, 1.165) is 11.6 Å². The van der Waals surface area contributed by atoms with Gasteiger partial charge in [-0.25, -0.2) is 8.78 Å². The third-order valence-electron chi connectivity index (χ3n) is 3.10. The Balaban J connectivity index is 2.37. The van der Waals surface area contributed by atoms with Crippen LogP contribution < -0.4 is 16.6 Å². The average molecular weight is 291 g/mol. The van der Waals surface area contributed by atoms with Gasteiger partial charge in [-0.2, -0.15) is 0 Å². The van der Waals surface area contributed by atoms with Crippen molar-refractivity contribution in [2.24, 2.45) is 5.84 Å². The van der Waals surface area contributed by atoms with Crippen LogP contribution in [-0.2, 0) is 0 Å². The summed E-state index contributed by atoms with van der Waals surface area (Å²) in [6.45, 7) is 3.32.